The van der Waals surface area contributed by atoms with Crippen LogP contribution in [0.15, 0.2) is 66.0 Å². The van der Waals surface area contributed by atoms with E-state index in [9.17, 15) is 13.2 Å². The molecule has 2 aromatic heterocycles. The summed E-state index contributed by atoms with van der Waals surface area (Å²) in [6.45, 7) is 0.867. The number of pyridine rings is 1. The molecule has 9 nitrogen and oxygen atoms in total. The molecule has 0 saturated heterocycles. The first-order valence-electron chi connectivity index (χ1n) is 9.24. The third kappa shape index (κ3) is 5.57. The Morgan fingerprint density at radius 2 is 1.93 bits per heavy atom. The third-order valence-electron chi connectivity index (χ3n) is 4.25. The van der Waals surface area contributed by atoms with Gasteiger partial charge >= 0.3 is 6.03 Å². The third-order valence-corrected chi connectivity index (χ3v) is 5.38. The lowest BCUT2D eigenvalue weighted by molar-refractivity contribution is 0.216. The summed E-state index contributed by atoms with van der Waals surface area (Å²) in [6, 6.07) is 11.3. The van der Waals surface area contributed by atoms with Gasteiger partial charge in [0.2, 0.25) is 0 Å². The van der Waals surface area contributed by atoms with Gasteiger partial charge in [0, 0.05) is 38.4 Å². The number of nitrogens with one attached hydrogen (secondary N) is 1. The van der Waals surface area contributed by atoms with Gasteiger partial charge in [-0.2, -0.15) is 5.10 Å². The summed E-state index contributed by atoms with van der Waals surface area (Å²) in [5, 5.41) is 6.99. The molecule has 2 amide bonds. The Labute approximate surface area is 175 Å². The minimum atomic E-state index is -3.23. The molecular formula is C20H23N5O4S. The molecule has 0 atom stereocenters. The zero-order chi connectivity index (χ0) is 21.6. The molecule has 1 aromatic carbocycles. The molecule has 0 fully saturated rings. The monoisotopic (exact) mass is 429 g/mol. The first kappa shape index (κ1) is 21.3. The van der Waals surface area contributed by atoms with Gasteiger partial charge < -0.3 is 15.0 Å². The van der Waals surface area contributed by atoms with E-state index in [0.717, 1.165) is 6.26 Å². The Balaban J connectivity index is 1.48. The fourth-order valence-electron chi connectivity index (χ4n) is 2.66. The molecule has 1 N–H and O–H groups in total. The number of hydrogen-bond donors (Lipinski definition) is 1. The normalized spacial score (nSPS) is 11.1. The van der Waals surface area contributed by atoms with Crippen molar-refractivity contribution in [3.05, 3.63) is 61.1 Å². The highest BCUT2D eigenvalue weighted by molar-refractivity contribution is 7.90. The summed E-state index contributed by atoms with van der Waals surface area (Å²) < 4.78 is 30.1. The summed E-state index contributed by atoms with van der Waals surface area (Å²) in [5.41, 5.74) is 0.556. The smallest absolute Gasteiger partial charge is 0.321 e. The van der Waals surface area contributed by atoms with E-state index in [2.05, 4.69) is 15.4 Å². The predicted octanol–water partition coefficient (Wildman–Crippen LogP) is 2.60. The van der Waals surface area contributed by atoms with Crippen molar-refractivity contribution in [2.75, 3.05) is 31.8 Å². The second-order valence-electron chi connectivity index (χ2n) is 6.62. The maximum absolute atomic E-state index is 12.5. The molecule has 0 radical (unpaired) electrons. The summed E-state index contributed by atoms with van der Waals surface area (Å²) >= 11 is 0. The zero-order valence-electron chi connectivity index (χ0n) is 16.7. The highest BCUT2D eigenvalue weighted by Gasteiger charge is 2.13. The number of benzene rings is 1. The lowest BCUT2D eigenvalue weighted by Gasteiger charge is -2.19. The van der Waals surface area contributed by atoms with Gasteiger partial charge in [-0.05, 0) is 48.9 Å². The molecule has 0 unspecified atom stereocenters. The van der Waals surface area contributed by atoms with E-state index in [-0.39, 0.29) is 10.9 Å². The Kier molecular flexibility index (Phi) is 6.68. The number of carbonyl (C=O) groups excluding carboxylic acids is 1. The number of carbonyl (C=O) groups is 1. The number of amides is 2. The van der Waals surface area contributed by atoms with Crippen LogP contribution in [0.1, 0.15) is 6.42 Å². The molecule has 10 heteroatoms. The predicted molar refractivity (Wildman–Crippen MR) is 113 cm³/mol. The van der Waals surface area contributed by atoms with Gasteiger partial charge in [0.25, 0.3) is 0 Å². The molecule has 3 rings (SSSR count). The Morgan fingerprint density at radius 1 is 1.17 bits per heavy atom. The number of rotatable bonds is 8. The van der Waals surface area contributed by atoms with Gasteiger partial charge in [0.05, 0.1) is 17.2 Å². The number of urea groups is 1. The van der Waals surface area contributed by atoms with E-state index in [1.54, 1.807) is 65.6 Å². The number of anilines is 1. The fraction of sp³-hybridized carbons (Fsp3) is 0.250. The van der Waals surface area contributed by atoms with Crippen LogP contribution in [0.25, 0.3) is 5.82 Å². The van der Waals surface area contributed by atoms with Crippen LogP contribution in [0, 0.1) is 0 Å². The highest BCUT2D eigenvalue weighted by Crippen LogP contribution is 2.17. The summed E-state index contributed by atoms with van der Waals surface area (Å²) in [4.78, 5) is 18.6. The molecule has 2 heterocycles. The van der Waals surface area contributed by atoms with Crippen LogP contribution in [0.2, 0.25) is 0 Å². The number of sulfone groups is 1. The average Bonchev–Trinajstić information content (AvgIpc) is 3.26. The maximum atomic E-state index is 12.5. The van der Waals surface area contributed by atoms with E-state index in [4.69, 9.17) is 4.74 Å². The average molecular weight is 430 g/mol. The number of ether oxygens (including phenoxy) is 1. The molecule has 0 saturated carbocycles. The topological polar surface area (TPSA) is 106 Å². The van der Waals surface area contributed by atoms with Gasteiger partial charge in [-0.1, -0.05) is 0 Å². The second kappa shape index (κ2) is 9.40. The van der Waals surface area contributed by atoms with Crippen LogP contribution < -0.4 is 10.1 Å². The molecule has 0 aliphatic rings. The van der Waals surface area contributed by atoms with Crippen LogP contribution in [-0.2, 0) is 9.84 Å². The minimum Gasteiger partial charge on any atom is -0.494 e. The molecular weight excluding hydrogens is 406 g/mol. The summed E-state index contributed by atoms with van der Waals surface area (Å²) in [6.07, 6.45) is 6.79. The van der Waals surface area contributed by atoms with Crippen molar-refractivity contribution in [3.8, 4) is 11.6 Å². The summed E-state index contributed by atoms with van der Waals surface area (Å²) in [5.74, 6) is 1.11. The van der Waals surface area contributed by atoms with Crippen molar-refractivity contribution in [1.29, 1.82) is 0 Å². The van der Waals surface area contributed by atoms with Crippen LogP contribution >= 0.6 is 0 Å². The highest BCUT2D eigenvalue weighted by atomic mass is 32.2. The number of aromatic nitrogens is 3. The maximum Gasteiger partial charge on any atom is 0.321 e. The van der Waals surface area contributed by atoms with Crippen molar-refractivity contribution in [2.24, 2.45) is 0 Å². The number of nitrogens with zero attached hydrogens (tertiary/aromatic N) is 4. The quantitative estimate of drug-likeness (QED) is 0.552. The van der Waals surface area contributed by atoms with Gasteiger partial charge in [-0.25, -0.2) is 22.9 Å². The minimum absolute atomic E-state index is 0.246. The Morgan fingerprint density at radius 3 is 2.60 bits per heavy atom. The van der Waals surface area contributed by atoms with Gasteiger partial charge in [0.1, 0.15) is 5.75 Å². The molecule has 30 heavy (non-hydrogen) atoms. The van der Waals surface area contributed by atoms with Crippen LogP contribution in [0.4, 0.5) is 10.5 Å². The SMILES string of the molecule is CN(CCCOc1ccc(S(C)(=O)=O)cc1)C(=O)Nc1cccnc1-n1cccn1. The molecule has 0 spiro atoms. The molecule has 158 valence electrons. The number of hydrogen-bond acceptors (Lipinski definition) is 6. The lowest BCUT2D eigenvalue weighted by Crippen LogP contribution is -2.33. The standard InChI is InChI=1S/C20H23N5O4S/c1-24(13-5-15-29-16-7-9-17(10-8-16)30(2,27)28)20(26)23-18-6-3-11-21-19(18)25-14-4-12-22-25/h3-4,6-12,14H,5,13,15H2,1-2H3,(H,23,26). The molecule has 0 aliphatic heterocycles. The van der Waals surface area contributed by atoms with Crippen LogP contribution in [-0.4, -0.2) is 60.6 Å². The van der Waals surface area contributed by atoms with Crippen LogP contribution in [0.3, 0.4) is 0 Å². The largest absolute Gasteiger partial charge is 0.494 e. The Bertz CT molecular complexity index is 1080. The van der Waals surface area contributed by atoms with Crippen molar-refractivity contribution in [2.45, 2.75) is 11.3 Å². The van der Waals surface area contributed by atoms with Crippen LogP contribution in [0.5, 0.6) is 5.75 Å². The van der Waals surface area contributed by atoms with E-state index >= 15 is 0 Å². The molecule has 0 aliphatic carbocycles. The van der Waals surface area contributed by atoms with E-state index in [1.807, 2.05) is 0 Å². The van der Waals surface area contributed by atoms with E-state index in [1.165, 1.54) is 12.1 Å². The second-order valence-corrected chi connectivity index (χ2v) is 8.64. The van der Waals surface area contributed by atoms with E-state index in [0.29, 0.717) is 36.8 Å². The zero-order valence-corrected chi connectivity index (χ0v) is 17.5. The Hall–Kier alpha value is -3.40. The first-order chi connectivity index (χ1) is 14.3. The molecule has 0 bridgehead atoms. The molecule has 3 aromatic rings. The van der Waals surface area contributed by atoms with Crippen molar-refractivity contribution in [1.82, 2.24) is 19.7 Å². The van der Waals surface area contributed by atoms with Crippen molar-refractivity contribution < 1.29 is 17.9 Å². The van der Waals surface area contributed by atoms with Gasteiger partial charge in [-0.3, -0.25) is 0 Å². The van der Waals surface area contributed by atoms with Crippen molar-refractivity contribution in [3.63, 3.8) is 0 Å². The summed E-state index contributed by atoms with van der Waals surface area (Å²) in [7, 11) is -1.53. The van der Waals surface area contributed by atoms with Gasteiger partial charge in [-0.15, -0.1) is 0 Å². The fourth-order valence-corrected chi connectivity index (χ4v) is 3.29. The van der Waals surface area contributed by atoms with Gasteiger partial charge in [0.15, 0.2) is 15.7 Å². The van der Waals surface area contributed by atoms with E-state index < -0.39 is 9.84 Å². The lowest BCUT2D eigenvalue weighted by atomic mass is 10.3. The van der Waals surface area contributed by atoms with Crippen molar-refractivity contribution >= 4 is 21.6 Å². The first-order valence-corrected chi connectivity index (χ1v) is 11.1.